The van der Waals surface area contributed by atoms with Crippen LogP contribution in [0.4, 0.5) is 10.1 Å². The van der Waals surface area contributed by atoms with Crippen LogP contribution in [0.2, 0.25) is 10.0 Å². The minimum atomic E-state index is -0.460. The Balaban J connectivity index is 2.09. The van der Waals surface area contributed by atoms with Gasteiger partial charge in [0.25, 0.3) is 0 Å². The van der Waals surface area contributed by atoms with E-state index in [0.29, 0.717) is 21.4 Å². The molecule has 0 heterocycles. The minimum Gasteiger partial charge on any atom is -0.487 e. The van der Waals surface area contributed by atoms with Gasteiger partial charge in [0.05, 0.1) is 10.7 Å². The molecule has 0 unspecified atom stereocenters. The van der Waals surface area contributed by atoms with Crippen molar-refractivity contribution in [2.24, 2.45) is 0 Å². The van der Waals surface area contributed by atoms with Crippen LogP contribution in [-0.4, -0.2) is 0 Å². The molecule has 0 saturated carbocycles. The molecular formula is C13H10Cl2FNO. The van der Waals surface area contributed by atoms with Gasteiger partial charge in [-0.05, 0) is 35.9 Å². The SMILES string of the molecule is Nc1ccc(COc2ccc(Cl)cc2Cl)cc1F. The number of halogens is 3. The van der Waals surface area contributed by atoms with Gasteiger partial charge in [-0.3, -0.25) is 0 Å². The molecule has 2 nitrogen and oxygen atoms in total. The van der Waals surface area contributed by atoms with Crippen LogP contribution in [0, 0.1) is 5.82 Å². The average Bonchev–Trinajstić information content (AvgIpc) is 2.32. The van der Waals surface area contributed by atoms with Crippen LogP contribution >= 0.6 is 23.2 Å². The Kier molecular flexibility index (Phi) is 3.94. The van der Waals surface area contributed by atoms with Crippen LogP contribution in [0.15, 0.2) is 36.4 Å². The van der Waals surface area contributed by atoms with Crippen LogP contribution in [-0.2, 0) is 6.61 Å². The molecule has 0 amide bonds. The van der Waals surface area contributed by atoms with Crippen LogP contribution in [0.25, 0.3) is 0 Å². The van der Waals surface area contributed by atoms with Gasteiger partial charge in [-0.2, -0.15) is 0 Å². The summed E-state index contributed by atoms with van der Waals surface area (Å²) in [6, 6.07) is 9.45. The molecule has 5 heteroatoms. The van der Waals surface area contributed by atoms with Gasteiger partial charge in [-0.15, -0.1) is 0 Å². The van der Waals surface area contributed by atoms with Crippen molar-refractivity contribution in [1.29, 1.82) is 0 Å². The van der Waals surface area contributed by atoms with E-state index in [1.165, 1.54) is 12.1 Å². The standard InChI is InChI=1S/C13H10Cl2FNO/c14-9-2-4-13(10(15)6-9)18-7-8-1-3-12(17)11(16)5-8/h1-6H,7,17H2. The van der Waals surface area contributed by atoms with E-state index in [2.05, 4.69) is 0 Å². The summed E-state index contributed by atoms with van der Waals surface area (Å²) in [6.07, 6.45) is 0. The predicted molar refractivity (Wildman–Crippen MR) is 71.6 cm³/mol. The lowest BCUT2D eigenvalue weighted by atomic mass is 10.2. The number of benzene rings is 2. The Morgan fingerprint density at radius 2 is 1.89 bits per heavy atom. The van der Waals surface area contributed by atoms with Crippen molar-refractivity contribution in [2.75, 3.05) is 5.73 Å². The van der Waals surface area contributed by atoms with E-state index < -0.39 is 5.82 Å². The summed E-state index contributed by atoms with van der Waals surface area (Å²) in [7, 11) is 0. The molecule has 0 aliphatic rings. The van der Waals surface area contributed by atoms with Gasteiger partial charge in [0.1, 0.15) is 18.2 Å². The van der Waals surface area contributed by atoms with E-state index in [9.17, 15) is 4.39 Å². The van der Waals surface area contributed by atoms with Crippen molar-refractivity contribution < 1.29 is 9.13 Å². The summed E-state index contributed by atoms with van der Waals surface area (Å²) >= 11 is 11.7. The zero-order valence-corrected chi connectivity index (χ0v) is 10.8. The maximum absolute atomic E-state index is 13.2. The largest absolute Gasteiger partial charge is 0.487 e. The zero-order valence-electron chi connectivity index (χ0n) is 9.29. The molecule has 0 aromatic heterocycles. The normalized spacial score (nSPS) is 10.4. The minimum absolute atomic E-state index is 0.114. The first-order valence-corrected chi connectivity index (χ1v) is 5.93. The Morgan fingerprint density at radius 1 is 1.11 bits per heavy atom. The summed E-state index contributed by atoms with van der Waals surface area (Å²) in [6.45, 7) is 0.207. The van der Waals surface area contributed by atoms with E-state index >= 15 is 0 Å². The van der Waals surface area contributed by atoms with Crippen LogP contribution in [0.1, 0.15) is 5.56 Å². The molecule has 18 heavy (non-hydrogen) atoms. The van der Waals surface area contributed by atoms with Gasteiger partial charge in [-0.25, -0.2) is 4.39 Å². The van der Waals surface area contributed by atoms with Crippen LogP contribution in [0.5, 0.6) is 5.75 Å². The summed E-state index contributed by atoms with van der Waals surface area (Å²) in [5.41, 5.74) is 6.17. The fourth-order valence-electron chi connectivity index (χ4n) is 1.41. The summed E-state index contributed by atoms with van der Waals surface area (Å²) in [5.74, 6) is 0.0385. The fourth-order valence-corrected chi connectivity index (χ4v) is 1.88. The second kappa shape index (κ2) is 5.46. The average molecular weight is 286 g/mol. The van der Waals surface area contributed by atoms with Crippen LogP contribution in [0.3, 0.4) is 0 Å². The first-order chi connectivity index (χ1) is 8.56. The number of hydrogen-bond donors (Lipinski definition) is 1. The molecular weight excluding hydrogens is 276 g/mol. The highest BCUT2D eigenvalue weighted by Gasteiger charge is 2.04. The molecule has 0 saturated heterocycles. The number of hydrogen-bond acceptors (Lipinski definition) is 2. The Hall–Kier alpha value is -1.45. The summed E-state index contributed by atoms with van der Waals surface area (Å²) in [5, 5.41) is 0.948. The van der Waals surface area contributed by atoms with Gasteiger partial charge in [-0.1, -0.05) is 29.3 Å². The topological polar surface area (TPSA) is 35.2 Å². The lowest BCUT2D eigenvalue weighted by molar-refractivity contribution is 0.306. The molecule has 0 radical (unpaired) electrons. The number of anilines is 1. The molecule has 0 atom stereocenters. The first kappa shape index (κ1) is 13.0. The van der Waals surface area contributed by atoms with Crippen molar-refractivity contribution >= 4 is 28.9 Å². The lowest BCUT2D eigenvalue weighted by Crippen LogP contribution is -1.98. The maximum Gasteiger partial charge on any atom is 0.146 e. The van der Waals surface area contributed by atoms with Crippen molar-refractivity contribution in [3.63, 3.8) is 0 Å². The van der Waals surface area contributed by atoms with Gasteiger partial charge >= 0.3 is 0 Å². The Labute approximate surface area is 114 Å². The molecule has 0 spiro atoms. The highest BCUT2D eigenvalue weighted by atomic mass is 35.5. The van der Waals surface area contributed by atoms with E-state index in [1.807, 2.05) is 0 Å². The summed E-state index contributed by atoms with van der Waals surface area (Å²) in [4.78, 5) is 0. The number of nitrogens with two attached hydrogens (primary N) is 1. The number of nitrogen functional groups attached to an aromatic ring is 1. The number of ether oxygens (including phenoxy) is 1. The smallest absolute Gasteiger partial charge is 0.146 e. The van der Waals surface area contributed by atoms with Crippen molar-refractivity contribution in [2.45, 2.75) is 6.61 Å². The van der Waals surface area contributed by atoms with Gasteiger partial charge in [0, 0.05) is 5.02 Å². The third kappa shape index (κ3) is 3.06. The van der Waals surface area contributed by atoms with Gasteiger partial charge in [0.15, 0.2) is 0 Å². The molecule has 0 fully saturated rings. The van der Waals surface area contributed by atoms with Gasteiger partial charge < -0.3 is 10.5 Å². The van der Waals surface area contributed by atoms with E-state index in [0.717, 1.165) is 0 Å². The van der Waals surface area contributed by atoms with Crippen molar-refractivity contribution in [3.8, 4) is 5.75 Å². The van der Waals surface area contributed by atoms with Crippen molar-refractivity contribution in [1.82, 2.24) is 0 Å². The molecule has 2 aromatic rings. The zero-order chi connectivity index (χ0) is 13.1. The predicted octanol–water partition coefficient (Wildman–Crippen LogP) is 4.29. The highest BCUT2D eigenvalue weighted by molar-refractivity contribution is 6.35. The second-order valence-corrected chi connectivity index (χ2v) is 4.56. The molecule has 2 rings (SSSR count). The quantitative estimate of drug-likeness (QED) is 0.854. The van der Waals surface area contributed by atoms with Gasteiger partial charge in [0.2, 0.25) is 0 Å². The highest BCUT2D eigenvalue weighted by Crippen LogP contribution is 2.28. The molecule has 0 bridgehead atoms. The third-order valence-corrected chi connectivity index (χ3v) is 2.88. The molecule has 2 aromatic carbocycles. The molecule has 0 aliphatic heterocycles. The van der Waals surface area contributed by atoms with Crippen molar-refractivity contribution in [3.05, 3.63) is 57.8 Å². The molecule has 94 valence electrons. The first-order valence-electron chi connectivity index (χ1n) is 5.18. The molecule has 0 aliphatic carbocycles. The maximum atomic E-state index is 13.2. The van der Waals surface area contributed by atoms with E-state index in [4.69, 9.17) is 33.7 Å². The van der Waals surface area contributed by atoms with E-state index in [1.54, 1.807) is 24.3 Å². The Morgan fingerprint density at radius 3 is 2.56 bits per heavy atom. The molecule has 2 N–H and O–H groups in total. The monoisotopic (exact) mass is 285 g/mol. The number of rotatable bonds is 3. The Bertz CT molecular complexity index is 575. The third-order valence-electron chi connectivity index (χ3n) is 2.35. The summed E-state index contributed by atoms with van der Waals surface area (Å²) < 4.78 is 18.7. The fraction of sp³-hybridized carbons (Fsp3) is 0.0769. The lowest BCUT2D eigenvalue weighted by Gasteiger charge is -2.08. The van der Waals surface area contributed by atoms with E-state index in [-0.39, 0.29) is 12.3 Å². The van der Waals surface area contributed by atoms with Crippen LogP contribution < -0.4 is 10.5 Å². The second-order valence-electron chi connectivity index (χ2n) is 3.72.